The van der Waals surface area contributed by atoms with Gasteiger partial charge in [-0.15, -0.1) is 0 Å². The highest BCUT2D eigenvalue weighted by Gasteiger charge is 2.06. The number of aromatic nitrogens is 1. The van der Waals surface area contributed by atoms with E-state index in [-0.39, 0.29) is 5.91 Å². The molecule has 70 valence electrons. The number of nitrogens with zero attached hydrogens (tertiary/aromatic N) is 2. The summed E-state index contributed by atoms with van der Waals surface area (Å²) >= 11 is 0. The highest BCUT2D eigenvalue weighted by atomic mass is 16.2. The van der Waals surface area contributed by atoms with Crippen molar-refractivity contribution in [2.24, 2.45) is 0 Å². The van der Waals surface area contributed by atoms with Crippen LogP contribution in [0.25, 0.3) is 0 Å². The zero-order valence-corrected chi connectivity index (χ0v) is 8.24. The van der Waals surface area contributed by atoms with Crippen LogP contribution in [-0.2, 0) is 11.2 Å². The topological polar surface area (TPSA) is 33.2 Å². The van der Waals surface area contributed by atoms with Gasteiger partial charge in [-0.2, -0.15) is 0 Å². The van der Waals surface area contributed by atoms with E-state index < -0.39 is 0 Å². The standard InChI is InChI=1S/C10H14N2O/c1-8-7-11-5-4-9(8)6-10(13)12(2)3/h4-5,7H,6H2,1-3H3. The molecule has 1 amide bonds. The molecular weight excluding hydrogens is 164 g/mol. The quantitative estimate of drug-likeness (QED) is 0.677. The Bertz CT molecular complexity index is 308. The molecule has 1 heterocycles. The van der Waals surface area contributed by atoms with Gasteiger partial charge >= 0.3 is 0 Å². The third-order valence-electron chi connectivity index (χ3n) is 1.98. The monoisotopic (exact) mass is 178 g/mol. The minimum Gasteiger partial charge on any atom is -0.349 e. The van der Waals surface area contributed by atoms with Gasteiger partial charge < -0.3 is 4.90 Å². The fourth-order valence-corrected chi connectivity index (χ4v) is 1.02. The Balaban J connectivity index is 2.75. The minimum atomic E-state index is 0.120. The highest BCUT2D eigenvalue weighted by Crippen LogP contribution is 2.06. The van der Waals surface area contributed by atoms with Crippen molar-refractivity contribution in [3.63, 3.8) is 0 Å². The average Bonchev–Trinajstić information content (AvgIpc) is 2.08. The van der Waals surface area contributed by atoms with Crippen molar-refractivity contribution in [2.45, 2.75) is 13.3 Å². The molecule has 1 rings (SSSR count). The molecule has 0 bridgehead atoms. The number of rotatable bonds is 2. The van der Waals surface area contributed by atoms with Crippen LogP contribution in [0.1, 0.15) is 11.1 Å². The predicted octanol–water partition coefficient (Wildman–Crippen LogP) is 1.02. The lowest BCUT2D eigenvalue weighted by Crippen LogP contribution is -2.23. The van der Waals surface area contributed by atoms with E-state index in [1.165, 1.54) is 0 Å². The van der Waals surface area contributed by atoms with Crippen molar-refractivity contribution >= 4 is 5.91 Å². The molecule has 13 heavy (non-hydrogen) atoms. The van der Waals surface area contributed by atoms with Crippen LogP contribution in [0, 0.1) is 6.92 Å². The van der Waals surface area contributed by atoms with Crippen LogP contribution in [0.4, 0.5) is 0 Å². The van der Waals surface area contributed by atoms with E-state index in [2.05, 4.69) is 4.98 Å². The van der Waals surface area contributed by atoms with Gasteiger partial charge in [0.1, 0.15) is 0 Å². The van der Waals surface area contributed by atoms with E-state index in [4.69, 9.17) is 0 Å². The molecule has 0 radical (unpaired) electrons. The number of likely N-dealkylation sites (N-methyl/N-ethyl adjacent to an activating group) is 1. The Labute approximate surface area is 78.4 Å². The molecule has 0 saturated carbocycles. The van der Waals surface area contributed by atoms with Crippen molar-refractivity contribution < 1.29 is 4.79 Å². The Morgan fingerprint density at radius 1 is 1.54 bits per heavy atom. The van der Waals surface area contributed by atoms with Gasteiger partial charge in [-0.3, -0.25) is 9.78 Å². The Hall–Kier alpha value is -1.38. The summed E-state index contributed by atoms with van der Waals surface area (Å²) in [5, 5.41) is 0. The molecule has 3 heteroatoms. The largest absolute Gasteiger partial charge is 0.349 e. The van der Waals surface area contributed by atoms with Gasteiger partial charge in [0.2, 0.25) is 5.91 Å². The van der Waals surface area contributed by atoms with Crippen LogP contribution in [0.15, 0.2) is 18.5 Å². The number of aryl methyl sites for hydroxylation is 1. The minimum absolute atomic E-state index is 0.120. The summed E-state index contributed by atoms with van der Waals surface area (Å²) in [7, 11) is 3.53. The lowest BCUT2D eigenvalue weighted by molar-refractivity contribution is -0.127. The Kier molecular flexibility index (Phi) is 3.01. The zero-order valence-electron chi connectivity index (χ0n) is 8.24. The molecule has 1 aromatic heterocycles. The third kappa shape index (κ3) is 2.54. The smallest absolute Gasteiger partial charge is 0.226 e. The van der Waals surface area contributed by atoms with Crippen LogP contribution < -0.4 is 0 Å². The molecule has 0 fully saturated rings. The first kappa shape index (κ1) is 9.71. The summed E-state index contributed by atoms with van der Waals surface area (Å²) in [4.78, 5) is 16.9. The third-order valence-corrected chi connectivity index (χ3v) is 1.98. The van der Waals surface area contributed by atoms with E-state index in [1.807, 2.05) is 13.0 Å². The van der Waals surface area contributed by atoms with Crippen LogP contribution in [0.2, 0.25) is 0 Å². The van der Waals surface area contributed by atoms with Gasteiger partial charge in [0.25, 0.3) is 0 Å². The van der Waals surface area contributed by atoms with Crippen molar-refractivity contribution in [1.29, 1.82) is 0 Å². The molecular formula is C10H14N2O. The van der Waals surface area contributed by atoms with E-state index in [1.54, 1.807) is 31.4 Å². The summed E-state index contributed by atoms with van der Waals surface area (Å²) in [5.74, 6) is 0.120. The maximum absolute atomic E-state index is 11.4. The van der Waals surface area contributed by atoms with Crippen LogP contribution in [-0.4, -0.2) is 29.9 Å². The number of pyridine rings is 1. The molecule has 0 aliphatic rings. The van der Waals surface area contributed by atoms with E-state index in [0.29, 0.717) is 6.42 Å². The normalized spacial score (nSPS) is 9.77. The van der Waals surface area contributed by atoms with E-state index >= 15 is 0 Å². The average molecular weight is 178 g/mol. The lowest BCUT2D eigenvalue weighted by Gasteiger charge is -2.10. The molecule has 3 nitrogen and oxygen atoms in total. The second-order valence-electron chi connectivity index (χ2n) is 3.27. The van der Waals surface area contributed by atoms with Crippen molar-refractivity contribution in [3.05, 3.63) is 29.6 Å². The van der Waals surface area contributed by atoms with Gasteiger partial charge in [-0.05, 0) is 24.1 Å². The first-order chi connectivity index (χ1) is 6.11. The maximum Gasteiger partial charge on any atom is 0.226 e. The molecule has 0 aliphatic carbocycles. The fourth-order valence-electron chi connectivity index (χ4n) is 1.02. The molecule has 0 aliphatic heterocycles. The summed E-state index contributed by atoms with van der Waals surface area (Å²) < 4.78 is 0. The van der Waals surface area contributed by atoms with Crippen molar-refractivity contribution in [3.8, 4) is 0 Å². The first-order valence-electron chi connectivity index (χ1n) is 4.21. The second kappa shape index (κ2) is 4.03. The number of amides is 1. The van der Waals surface area contributed by atoms with Crippen molar-refractivity contribution in [1.82, 2.24) is 9.88 Å². The van der Waals surface area contributed by atoms with Crippen molar-refractivity contribution in [2.75, 3.05) is 14.1 Å². The molecule has 0 unspecified atom stereocenters. The van der Waals surface area contributed by atoms with Gasteiger partial charge in [-0.1, -0.05) is 0 Å². The Morgan fingerprint density at radius 3 is 2.77 bits per heavy atom. The summed E-state index contributed by atoms with van der Waals surface area (Å²) in [6.07, 6.45) is 3.95. The molecule has 0 aromatic carbocycles. The summed E-state index contributed by atoms with van der Waals surface area (Å²) in [6, 6.07) is 1.89. The molecule has 1 aromatic rings. The van der Waals surface area contributed by atoms with Gasteiger partial charge in [-0.25, -0.2) is 0 Å². The maximum atomic E-state index is 11.4. The van der Waals surface area contributed by atoms with E-state index in [9.17, 15) is 4.79 Å². The number of hydrogen-bond acceptors (Lipinski definition) is 2. The van der Waals surface area contributed by atoms with Gasteiger partial charge in [0.05, 0.1) is 6.42 Å². The first-order valence-corrected chi connectivity index (χ1v) is 4.21. The second-order valence-corrected chi connectivity index (χ2v) is 3.27. The summed E-state index contributed by atoms with van der Waals surface area (Å²) in [5.41, 5.74) is 2.12. The zero-order chi connectivity index (χ0) is 9.84. The number of hydrogen-bond donors (Lipinski definition) is 0. The highest BCUT2D eigenvalue weighted by molar-refractivity contribution is 5.78. The Morgan fingerprint density at radius 2 is 2.23 bits per heavy atom. The van der Waals surface area contributed by atoms with E-state index in [0.717, 1.165) is 11.1 Å². The van der Waals surface area contributed by atoms with Crippen LogP contribution in [0.3, 0.4) is 0 Å². The number of carbonyl (C=O) groups excluding carboxylic acids is 1. The fraction of sp³-hybridized carbons (Fsp3) is 0.400. The number of carbonyl (C=O) groups is 1. The summed E-state index contributed by atoms with van der Waals surface area (Å²) in [6.45, 7) is 1.96. The molecule has 0 atom stereocenters. The molecule has 0 saturated heterocycles. The molecule has 0 spiro atoms. The predicted molar refractivity (Wildman–Crippen MR) is 51.4 cm³/mol. The lowest BCUT2D eigenvalue weighted by atomic mass is 10.1. The van der Waals surface area contributed by atoms with Gasteiger partial charge in [0.15, 0.2) is 0 Å². The SMILES string of the molecule is Cc1cnccc1CC(=O)N(C)C. The van der Waals surface area contributed by atoms with Crippen LogP contribution >= 0.6 is 0 Å². The molecule has 0 N–H and O–H groups in total. The van der Waals surface area contributed by atoms with Gasteiger partial charge in [0, 0.05) is 26.5 Å². The van der Waals surface area contributed by atoms with Crippen LogP contribution in [0.5, 0.6) is 0 Å².